The van der Waals surface area contributed by atoms with Crippen molar-refractivity contribution in [2.24, 2.45) is 5.92 Å². The molecule has 0 aliphatic carbocycles. The van der Waals surface area contributed by atoms with Gasteiger partial charge in [-0.25, -0.2) is 9.97 Å². The monoisotopic (exact) mass is 503 g/mol. The smallest absolute Gasteiger partial charge is 0.261 e. The highest BCUT2D eigenvalue weighted by Crippen LogP contribution is 2.33. The maximum absolute atomic E-state index is 13.2. The van der Waals surface area contributed by atoms with Crippen LogP contribution in [0.4, 0.5) is 5.69 Å². The predicted molar refractivity (Wildman–Crippen MR) is 144 cm³/mol. The lowest BCUT2D eigenvalue weighted by Gasteiger charge is -2.14. The van der Waals surface area contributed by atoms with Gasteiger partial charge in [-0.1, -0.05) is 25.1 Å². The molecule has 0 bridgehead atoms. The summed E-state index contributed by atoms with van der Waals surface area (Å²) in [4.78, 5) is 35.1. The van der Waals surface area contributed by atoms with Gasteiger partial charge in [0.05, 0.1) is 30.3 Å². The van der Waals surface area contributed by atoms with Crippen molar-refractivity contribution < 1.29 is 9.53 Å². The van der Waals surface area contributed by atoms with E-state index in [9.17, 15) is 9.59 Å². The topological polar surface area (TPSA) is 98.1 Å². The number of aromatic nitrogens is 3. The van der Waals surface area contributed by atoms with E-state index in [1.807, 2.05) is 24.3 Å². The Labute approximate surface area is 214 Å². The highest BCUT2D eigenvalue weighted by molar-refractivity contribution is 8.00. The average Bonchev–Trinajstić information content (AvgIpc) is 2.89. The Balaban J connectivity index is 1.67. The van der Waals surface area contributed by atoms with Crippen molar-refractivity contribution in [3.8, 4) is 17.0 Å². The summed E-state index contributed by atoms with van der Waals surface area (Å²) in [7, 11) is 3.17. The van der Waals surface area contributed by atoms with E-state index in [0.29, 0.717) is 16.8 Å². The predicted octanol–water partition coefficient (Wildman–Crippen LogP) is 4.59. The number of nitrogens with one attached hydrogen (secondary N) is 2. The van der Waals surface area contributed by atoms with E-state index in [-0.39, 0.29) is 23.9 Å². The van der Waals surface area contributed by atoms with Crippen molar-refractivity contribution in [2.45, 2.75) is 32.2 Å². The lowest BCUT2D eigenvalue weighted by Crippen LogP contribution is -2.32. The summed E-state index contributed by atoms with van der Waals surface area (Å²) < 4.78 is 10.3. The number of benzene rings is 2. The molecule has 1 atom stereocenters. The zero-order valence-corrected chi connectivity index (χ0v) is 21.8. The Morgan fingerprint density at radius 1 is 1.11 bits per heavy atom. The Morgan fingerprint density at radius 3 is 2.67 bits per heavy atom. The van der Waals surface area contributed by atoms with E-state index in [4.69, 9.17) is 4.74 Å². The number of methoxy groups -OCH3 is 1. The van der Waals surface area contributed by atoms with E-state index in [0.717, 1.165) is 21.7 Å². The van der Waals surface area contributed by atoms with E-state index >= 15 is 0 Å². The first-order valence-electron chi connectivity index (χ1n) is 11.6. The van der Waals surface area contributed by atoms with Crippen molar-refractivity contribution in [1.82, 2.24) is 19.9 Å². The second-order valence-corrected chi connectivity index (χ2v) is 9.55. The third kappa shape index (κ3) is 5.36. The number of rotatable bonds is 8. The second kappa shape index (κ2) is 10.8. The van der Waals surface area contributed by atoms with E-state index in [1.54, 1.807) is 27.3 Å². The number of hydrogen-bond donors (Lipinski definition) is 2. The van der Waals surface area contributed by atoms with Crippen LogP contribution in [0, 0.1) is 19.8 Å². The number of amides is 1. The van der Waals surface area contributed by atoms with E-state index in [1.165, 1.54) is 34.0 Å². The molecular formula is C27H29N5O3S. The van der Waals surface area contributed by atoms with Gasteiger partial charge in [0.2, 0.25) is 11.8 Å². The van der Waals surface area contributed by atoms with Gasteiger partial charge >= 0.3 is 0 Å². The highest BCUT2D eigenvalue weighted by atomic mass is 32.2. The van der Waals surface area contributed by atoms with Gasteiger partial charge < -0.3 is 14.8 Å². The normalized spacial score (nSPS) is 11.8. The summed E-state index contributed by atoms with van der Waals surface area (Å²) in [6.07, 6.45) is 3.21. The van der Waals surface area contributed by atoms with Gasteiger partial charge in [0.15, 0.2) is 0 Å². The summed E-state index contributed by atoms with van der Waals surface area (Å²) in [6.45, 7) is 6.16. The lowest BCUT2D eigenvalue weighted by molar-refractivity contribution is -0.124. The fourth-order valence-electron chi connectivity index (χ4n) is 3.87. The first kappa shape index (κ1) is 25.2. The molecule has 36 heavy (non-hydrogen) atoms. The van der Waals surface area contributed by atoms with Crippen LogP contribution in [0.1, 0.15) is 18.1 Å². The van der Waals surface area contributed by atoms with Crippen LogP contribution in [0.2, 0.25) is 0 Å². The maximum Gasteiger partial charge on any atom is 0.261 e. The quantitative estimate of drug-likeness (QED) is 0.340. The van der Waals surface area contributed by atoms with E-state index < -0.39 is 0 Å². The third-order valence-corrected chi connectivity index (χ3v) is 6.96. The van der Waals surface area contributed by atoms with Crippen molar-refractivity contribution in [2.75, 3.05) is 18.9 Å². The van der Waals surface area contributed by atoms with Gasteiger partial charge in [0.25, 0.3) is 5.56 Å². The number of aryl methyl sites for hydroxylation is 2. The molecule has 186 valence electrons. The first-order chi connectivity index (χ1) is 17.3. The van der Waals surface area contributed by atoms with Crippen molar-refractivity contribution >= 4 is 34.4 Å². The Bertz CT molecular complexity index is 1480. The molecule has 0 spiro atoms. The van der Waals surface area contributed by atoms with Gasteiger partial charge in [-0.2, -0.15) is 0 Å². The summed E-state index contributed by atoms with van der Waals surface area (Å²) in [5, 5.41) is 3.09. The molecule has 4 rings (SSSR count). The molecule has 0 aliphatic heterocycles. The van der Waals surface area contributed by atoms with Gasteiger partial charge in [-0.15, -0.1) is 0 Å². The molecule has 0 radical (unpaired) electrons. The number of anilines is 1. The minimum Gasteiger partial charge on any atom is -0.480 e. The minimum atomic E-state index is -0.357. The molecule has 0 saturated heterocycles. The first-order valence-corrected chi connectivity index (χ1v) is 12.4. The largest absolute Gasteiger partial charge is 0.480 e. The highest BCUT2D eigenvalue weighted by Gasteiger charge is 2.15. The number of carbonyl (C=O) groups is 1. The second-order valence-electron chi connectivity index (χ2n) is 8.70. The fraction of sp³-hybridized carbons (Fsp3) is 0.259. The van der Waals surface area contributed by atoms with Gasteiger partial charge in [0.1, 0.15) is 5.69 Å². The Morgan fingerprint density at radius 2 is 1.92 bits per heavy atom. The number of hydrogen-bond acceptors (Lipinski definition) is 7. The van der Waals surface area contributed by atoms with Crippen molar-refractivity contribution in [3.05, 3.63) is 76.5 Å². The third-order valence-electron chi connectivity index (χ3n) is 5.98. The lowest BCUT2D eigenvalue weighted by atomic mass is 10.0. The van der Waals surface area contributed by atoms with Crippen LogP contribution < -0.4 is 20.3 Å². The molecule has 2 N–H and O–H groups in total. The van der Waals surface area contributed by atoms with Gasteiger partial charge in [-0.05, 0) is 66.8 Å². The zero-order valence-electron chi connectivity index (χ0n) is 21.0. The summed E-state index contributed by atoms with van der Waals surface area (Å²) in [6, 6.07) is 13.8. The van der Waals surface area contributed by atoms with Crippen LogP contribution in [0.3, 0.4) is 0 Å². The number of fused-ring (bicyclic) bond motifs is 1. The summed E-state index contributed by atoms with van der Waals surface area (Å²) in [5.74, 6) is -0.00698. The van der Waals surface area contributed by atoms with Crippen LogP contribution in [0.25, 0.3) is 22.0 Å². The molecule has 0 fully saturated rings. The average molecular weight is 504 g/mol. The van der Waals surface area contributed by atoms with Crippen LogP contribution in [0.5, 0.6) is 5.88 Å². The molecule has 1 amide bonds. The molecule has 9 heteroatoms. The molecule has 4 aromatic rings. The Kier molecular flexibility index (Phi) is 7.59. The van der Waals surface area contributed by atoms with Crippen molar-refractivity contribution in [1.29, 1.82) is 0 Å². The zero-order chi connectivity index (χ0) is 25.8. The molecule has 0 aliphatic rings. The van der Waals surface area contributed by atoms with Crippen LogP contribution >= 0.6 is 11.9 Å². The standard InChI is InChI=1S/C27H29N5O3S/c1-16-6-7-17(2)24(10-16)36-31-23-12-20(13-29-26(23)35-5)19-8-9-22-21(11-19)27(34)32(15-30-22)14-18(3)25(33)28-4/h6-13,15,18,31H,14H2,1-5H3,(H,28,33). The Hall–Kier alpha value is -3.85. The molecule has 2 aromatic carbocycles. The molecular weight excluding hydrogens is 474 g/mol. The minimum absolute atomic E-state index is 0.126. The molecule has 1 unspecified atom stereocenters. The number of carbonyl (C=O) groups excluding carboxylic acids is 1. The SMILES string of the molecule is CNC(=O)C(C)Cn1cnc2ccc(-c3cnc(OC)c(NSc4cc(C)ccc4C)c3)cc2c1=O. The van der Waals surface area contributed by atoms with Gasteiger partial charge in [-0.3, -0.25) is 14.2 Å². The van der Waals surface area contributed by atoms with Crippen molar-refractivity contribution in [3.63, 3.8) is 0 Å². The number of ether oxygens (including phenoxy) is 1. The van der Waals surface area contributed by atoms with E-state index in [2.05, 4.69) is 52.1 Å². The fourth-order valence-corrected chi connectivity index (χ4v) is 4.71. The molecule has 8 nitrogen and oxygen atoms in total. The van der Waals surface area contributed by atoms with Crippen LogP contribution in [-0.2, 0) is 11.3 Å². The number of pyridine rings is 1. The van der Waals surface area contributed by atoms with Gasteiger partial charge in [0, 0.05) is 30.2 Å². The molecule has 0 saturated carbocycles. The molecule has 2 heterocycles. The maximum atomic E-state index is 13.2. The summed E-state index contributed by atoms with van der Waals surface area (Å²) in [5.41, 5.74) is 5.14. The van der Waals surface area contributed by atoms with Crippen LogP contribution in [0.15, 0.2) is 64.7 Å². The number of nitrogens with zero attached hydrogens (tertiary/aromatic N) is 3. The molecule has 2 aromatic heterocycles. The van der Waals surface area contributed by atoms with Crippen LogP contribution in [-0.4, -0.2) is 34.6 Å². The summed E-state index contributed by atoms with van der Waals surface area (Å²) >= 11 is 1.50.